The minimum atomic E-state index is -0.202. The first-order valence-corrected chi connectivity index (χ1v) is 7.67. The molecule has 2 N–H and O–H groups in total. The van der Waals surface area contributed by atoms with Crippen LogP contribution in [-0.2, 0) is 5.54 Å². The van der Waals surface area contributed by atoms with Gasteiger partial charge in [-0.3, -0.25) is 0 Å². The van der Waals surface area contributed by atoms with Gasteiger partial charge >= 0.3 is 0 Å². The Kier molecular flexibility index (Phi) is 5.00. The minimum Gasteiger partial charge on any atom is -0.320 e. The third kappa shape index (κ3) is 4.05. The fourth-order valence-electron chi connectivity index (χ4n) is 3.29. The van der Waals surface area contributed by atoms with Gasteiger partial charge in [0.1, 0.15) is 0 Å². The Morgan fingerprint density at radius 3 is 2.32 bits per heavy atom. The standard InChI is InChI=1S/C17H28N2/c1-15(2)13-17(18,16-9-5-3-6-10-16)14-19-11-7-4-8-12-19/h3,5-6,9-10,15H,4,7-8,11-14,18H2,1-2H3. The molecule has 0 aromatic heterocycles. The number of nitrogens with two attached hydrogens (primary N) is 1. The lowest BCUT2D eigenvalue weighted by Gasteiger charge is -2.38. The number of piperidine rings is 1. The van der Waals surface area contributed by atoms with Crippen molar-refractivity contribution in [3.05, 3.63) is 35.9 Å². The third-order valence-corrected chi connectivity index (χ3v) is 4.08. The monoisotopic (exact) mass is 260 g/mol. The van der Waals surface area contributed by atoms with Crippen LogP contribution >= 0.6 is 0 Å². The summed E-state index contributed by atoms with van der Waals surface area (Å²) in [6.45, 7) is 7.95. The molecule has 1 aromatic carbocycles. The van der Waals surface area contributed by atoms with Crippen molar-refractivity contribution in [2.45, 2.75) is 45.1 Å². The first-order valence-electron chi connectivity index (χ1n) is 7.67. The van der Waals surface area contributed by atoms with E-state index in [0.717, 1.165) is 13.0 Å². The predicted molar refractivity (Wildman–Crippen MR) is 82.1 cm³/mol. The van der Waals surface area contributed by atoms with Crippen LogP contribution in [0.3, 0.4) is 0 Å². The summed E-state index contributed by atoms with van der Waals surface area (Å²) in [6.07, 6.45) is 5.08. The normalized spacial score (nSPS) is 20.4. The van der Waals surface area contributed by atoms with Gasteiger partial charge in [-0.1, -0.05) is 50.6 Å². The second-order valence-electron chi connectivity index (χ2n) is 6.46. The molecule has 0 saturated carbocycles. The maximum atomic E-state index is 6.81. The summed E-state index contributed by atoms with van der Waals surface area (Å²) >= 11 is 0. The van der Waals surface area contributed by atoms with Gasteiger partial charge in [0.15, 0.2) is 0 Å². The molecule has 1 aliphatic heterocycles. The quantitative estimate of drug-likeness (QED) is 0.879. The Balaban J connectivity index is 2.14. The third-order valence-electron chi connectivity index (χ3n) is 4.08. The van der Waals surface area contributed by atoms with Crippen molar-refractivity contribution in [3.63, 3.8) is 0 Å². The van der Waals surface area contributed by atoms with E-state index in [2.05, 4.69) is 49.1 Å². The Morgan fingerprint density at radius 2 is 1.74 bits per heavy atom. The highest BCUT2D eigenvalue weighted by molar-refractivity contribution is 5.24. The smallest absolute Gasteiger partial charge is 0.0541 e. The molecule has 106 valence electrons. The van der Waals surface area contributed by atoms with Gasteiger partial charge in [-0.05, 0) is 43.8 Å². The van der Waals surface area contributed by atoms with Crippen LogP contribution in [0.5, 0.6) is 0 Å². The predicted octanol–water partition coefficient (Wildman–Crippen LogP) is 3.37. The van der Waals surface area contributed by atoms with Gasteiger partial charge in [-0.25, -0.2) is 0 Å². The molecule has 1 aromatic rings. The topological polar surface area (TPSA) is 29.3 Å². The van der Waals surface area contributed by atoms with Crippen molar-refractivity contribution in [1.29, 1.82) is 0 Å². The summed E-state index contributed by atoms with van der Waals surface area (Å²) in [4.78, 5) is 2.55. The van der Waals surface area contributed by atoms with E-state index in [4.69, 9.17) is 5.73 Å². The number of nitrogens with zero attached hydrogens (tertiary/aromatic N) is 1. The molecule has 0 amide bonds. The minimum absolute atomic E-state index is 0.202. The number of benzene rings is 1. The summed E-state index contributed by atoms with van der Waals surface area (Å²) in [5, 5.41) is 0. The van der Waals surface area contributed by atoms with Crippen LogP contribution in [0.25, 0.3) is 0 Å². The van der Waals surface area contributed by atoms with Gasteiger partial charge in [0.25, 0.3) is 0 Å². The lowest BCUT2D eigenvalue weighted by molar-refractivity contribution is 0.163. The van der Waals surface area contributed by atoms with E-state index in [1.165, 1.54) is 37.9 Å². The lowest BCUT2D eigenvalue weighted by atomic mass is 9.82. The maximum Gasteiger partial charge on any atom is 0.0541 e. The van der Waals surface area contributed by atoms with E-state index in [1.807, 2.05) is 0 Å². The van der Waals surface area contributed by atoms with E-state index in [-0.39, 0.29) is 5.54 Å². The van der Waals surface area contributed by atoms with Crippen molar-refractivity contribution < 1.29 is 0 Å². The average molecular weight is 260 g/mol. The summed E-state index contributed by atoms with van der Waals surface area (Å²) < 4.78 is 0. The summed E-state index contributed by atoms with van der Waals surface area (Å²) in [5.74, 6) is 0.620. The zero-order valence-electron chi connectivity index (χ0n) is 12.4. The van der Waals surface area contributed by atoms with Crippen LogP contribution in [0.15, 0.2) is 30.3 Å². The van der Waals surface area contributed by atoms with Gasteiger partial charge in [0.05, 0.1) is 5.54 Å². The number of likely N-dealkylation sites (tertiary alicyclic amines) is 1. The molecule has 1 atom stereocenters. The molecule has 2 heteroatoms. The fourth-order valence-corrected chi connectivity index (χ4v) is 3.29. The lowest BCUT2D eigenvalue weighted by Crippen LogP contribution is -2.49. The Bertz CT molecular complexity index is 368. The van der Waals surface area contributed by atoms with Crippen molar-refractivity contribution in [1.82, 2.24) is 4.90 Å². The molecule has 1 saturated heterocycles. The first kappa shape index (κ1) is 14.5. The molecule has 0 radical (unpaired) electrons. The molecule has 19 heavy (non-hydrogen) atoms. The molecule has 2 rings (SSSR count). The SMILES string of the molecule is CC(C)CC(N)(CN1CCCCC1)c1ccccc1. The van der Waals surface area contributed by atoms with Crippen molar-refractivity contribution in [2.75, 3.05) is 19.6 Å². The fraction of sp³-hybridized carbons (Fsp3) is 0.647. The summed E-state index contributed by atoms with van der Waals surface area (Å²) in [6, 6.07) is 10.7. The molecule has 1 aliphatic rings. The molecular weight excluding hydrogens is 232 g/mol. The van der Waals surface area contributed by atoms with Crippen molar-refractivity contribution in [2.24, 2.45) is 11.7 Å². The Labute approximate surface area is 118 Å². The zero-order valence-corrected chi connectivity index (χ0v) is 12.4. The van der Waals surface area contributed by atoms with Crippen molar-refractivity contribution in [3.8, 4) is 0 Å². The average Bonchev–Trinajstić information content (AvgIpc) is 2.40. The van der Waals surface area contributed by atoms with Crippen LogP contribution in [0.2, 0.25) is 0 Å². The number of hydrogen-bond acceptors (Lipinski definition) is 2. The number of hydrogen-bond donors (Lipinski definition) is 1. The molecule has 0 spiro atoms. The molecule has 0 aliphatic carbocycles. The van der Waals surface area contributed by atoms with Crippen LogP contribution in [0, 0.1) is 5.92 Å². The molecule has 2 nitrogen and oxygen atoms in total. The van der Waals surface area contributed by atoms with Gasteiger partial charge < -0.3 is 10.6 Å². The highest BCUT2D eigenvalue weighted by atomic mass is 15.1. The second kappa shape index (κ2) is 6.53. The molecule has 1 fully saturated rings. The van der Waals surface area contributed by atoms with E-state index >= 15 is 0 Å². The maximum absolute atomic E-state index is 6.81. The van der Waals surface area contributed by atoms with E-state index in [9.17, 15) is 0 Å². The van der Waals surface area contributed by atoms with Crippen LogP contribution < -0.4 is 5.73 Å². The van der Waals surface area contributed by atoms with Crippen LogP contribution in [0.1, 0.15) is 45.1 Å². The van der Waals surface area contributed by atoms with E-state index < -0.39 is 0 Å². The largest absolute Gasteiger partial charge is 0.320 e. The Morgan fingerprint density at radius 1 is 1.11 bits per heavy atom. The highest BCUT2D eigenvalue weighted by Gasteiger charge is 2.31. The second-order valence-corrected chi connectivity index (χ2v) is 6.46. The van der Waals surface area contributed by atoms with Crippen molar-refractivity contribution >= 4 is 0 Å². The summed E-state index contributed by atoms with van der Waals surface area (Å²) in [7, 11) is 0. The van der Waals surface area contributed by atoms with E-state index in [1.54, 1.807) is 0 Å². The highest BCUT2D eigenvalue weighted by Crippen LogP contribution is 2.28. The van der Waals surface area contributed by atoms with Gasteiger partial charge in [0.2, 0.25) is 0 Å². The molecule has 0 bridgehead atoms. The number of rotatable bonds is 5. The summed E-state index contributed by atoms with van der Waals surface area (Å²) in [5.41, 5.74) is 7.89. The van der Waals surface area contributed by atoms with Gasteiger partial charge in [-0.15, -0.1) is 0 Å². The zero-order chi connectivity index (χ0) is 13.7. The Hall–Kier alpha value is -0.860. The van der Waals surface area contributed by atoms with Gasteiger partial charge in [-0.2, -0.15) is 0 Å². The molecule has 1 unspecified atom stereocenters. The van der Waals surface area contributed by atoms with Gasteiger partial charge in [0, 0.05) is 6.54 Å². The molecular formula is C17H28N2. The first-order chi connectivity index (χ1) is 9.10. The van der Waals surface area contributed by atoms with E-state index in [0.29, 0.717) is 5.92 Å². The van der Waals surface area contributed by atoms with Crippen LogP contribution in [-0.4, -0.2) is 24.5 Å². The molecule has 1 heterocycles. The van der Waals surface area contributed by atoms with Crippen LogP contribution in [0.4, 0.5) is 0 Å².